The molecule has 2 unspecified atom stereocenters. The van der Waals surface area contributed by atoms with Crippen LogP contribution in [0.5, 0.6) is 0 Å². The molecule has 4 rings (SSSR count). The summed E-state index contributed by atoms with van der Waals surface area (Å²) in [5.41, 5.74) is 5.24. The summed E-state index contributed by atoms with van der Waals surface area (Å²) in [4.78, 5) is 5.05. The van der Waals surface area contributed by atoms with Crippen LogP contribution >= 0.6 is 24.2 Å². The summed E-state index contributed by atoms with van der Waals surface area (Å²) < 4.78 is 0. The standard InChI is InChI=1S/C25H26N2S.ClH/c1-18(2)20-15-13-19(14-16-20)17-28-25-26-23(21-9-5-3-6-10-21)24(27-25)22-11-7-4-8-12-22;/h3-16,18,23-24H,17H2,1-2H3,(H,26,27);1H. The van der Waals surface area contributed by atoms with Crippen LogP contribution in [0.2, 0.25) is 0 Å². The van der Waals surface area contributed by atoms with Gasteiger partial charge in [-0.05, 0) is 28.2 Å². The summed E-state index contributed by atoms with van der Waals surface area (Å²) in [6.07, 6.45) is 0. The van der Waals surface area contributed by atoms with Crippen molar-refractivity contribution < 1.29 is 0 Å². The van der Waals surface area contributed by atoms with Crippen LogP contribution in [0.4, 0.5) is 0 Å². The molecule has 3 aromatic carbocycles. The van der Waals surface area contributed by atoms with Gasteiger partial charge in [0, 0.05) is 5.75 Å². The second-order valence-corrected chi connectivity index (χ2v) is 8.47. The lowest BCUT2D eigenvalue weighted by molar-refractivity contribution is 0.573. The van der Waals surface area contributed by atoms with Crippen LogP contribution in [0.1, 0.15) is 54.1 Å². The van der Waals surface area contributed by atoms with E-state index >= 15 is 0 Å². The first-order valence-corrected chi connectivity index (χ1v) is 10.8. The number of halogens is 1. The molecule has 29 heavy (non-hydrogen) atoms. The lowest BCUT2D eigenvalue weighted by Gasteiger charge is -2.19. The van der Waals surface area contributed by atoms with E-state index in [4.69, 9.17) is 4.99 Å². The highest BCUT2D eigenvalue weighted by atomic mass is 35.5. The molecule has 0 fully saturated rings. The summed E-state index contributed by atoms with van der Waals surface area (Å²) in [5, 5.41) is 4.69. The molecule has 1 N–H and O–H groups in total. The lowest BCUT2D eigenvalue weighted by atomic mass is 9.95. The molecule has 150 valence electrons. The fourth-order valence-corrected chi connectivity index (χ4v) is 4.42. The van der Waals surface area contributed by atoms with Gasteiger partial charge in [-0.25, -0.2) is 0 Å². The second-order valence-electron chi connectivity index (χ2n) is 7.51. The number of benzene rings is 3. The van der Waals surface area contributed by atoms with Crippen LogP contribution in [0, 0.1) is 0 Å². The third-order valence-electron chi connectivity index (χ3n) is 5.17. The highest BCUT2D eigenvalue weighted by Crippen LogP contribution is 2.38. The fourth-order valence-electron chi connectivity index (χ4n) is 3.52. The molecule has 2 nitrogen and oxygen atoms in total. The van der Waals surface area contributed by atoms with E-state index in [1.54, 1.807) is 11.8 Å². The van der Waals surface area contributed by atoms with Gasteiger partial charge in [0.15, 0.2) is 5.17 Å². The summed E-state index contributed by atoms with van der Waals surface area (Å²) in [6, 6.07) is 30.4. The first-order valence-electron chi connectivity index (χ1n) is 9.86. The molecule has 0 radical (unpaired) electrons. The molecule has 0 saturated carbocycles. The minimum Gasteiger partial charge on any atom is -0.356 e. The largest absolute Gasteiger partial charge is 0.356 e. The van der Waals surface area contributed by atoms with Gasteiger partial charge in [0.05, 0.1) is 6.04 Å². The normalized spacial score (nSPS) is 18.1. The van der Waals surface area contributed by atoms with Gasteiger partial charge >= 0.3 is 0 Å². The Bertz CT molecular complexity index is 924. The van der Waals surface area contributed by atoms with E-state index in [1.807, 2.05) is 0 Å². The van der Waals surface area contributed by atoms with Gasteiger partial charge in [-0.1, -0.05) is 111 Å². The van der Waals surface area contributed by atoms with Crippen molar-refractivity contribution in [1.29, 1.82) is 0 Å². The van der Waals surface area contributed by atoms with Gasteiger partial charge in [-0.2, -0.15) is 0 Å². The van der Waals surface area contributed by atoms with Crippen molar-refractivity contribution in [3.8, 4) is 0 Å². The summed E-state index contributed by atoms with van der Waals surface area (Å²) in [7, 11) is 0. The van der Waals surface area contributed by atoms with Crippen LogP contribution in [0.3, 0.4) is 0 Å². The maximum atomic E-state index is 5.05. The van der Waals surface area contributed by atoms with Crippen molar-refractivity contribution in [3.63, 3.8) is 0 Å². The van der Waals surface area contributed by atoms with Crippen molar-refractivity contribution in [2.45, 2.75) is 37.6 Å². The Morgan fingerprint density at radius 1 is 0.828 bits per heavy atom. The van der Waals surface area contributed by atoms with Crippen LogP contribution in [0.25, 0.3) is 0 Å². The van der Waals surface area contributed by atoms with Crippen molar-refractivity contribution in [1.82, 2.24) is 5.32 Å². The predicted octanol–water partition coefficient (Wildman–Crippen LogP) is 6.91. The van der Waals surface area contributed by atoms with Crippen LogP contribution in [0.15, 0.2) is 89.9 Å². The van der Waals surface area contributed by atoms with E-state index in [-0.39, 0.29) is 24.5 Å². The monoisotopic (exact) mass is 422 g/mol. The molecule has 0 saturated heterocycles. The number of hydrogen-bond acceptors (Lipinski definition) is 3. The molecule has 0 aliphatic carbocycles. The maximum absolute atomic E-state index is 5.05. The molecule has 0 spiro atoms. The Hall–Kier alpha value is -2.23. The van der Waals surface area contributed by atoms with E-state index in [0.29, 0.717) is 5.92 Å². The van der Waals surface area contributed by atoms with Gasteiger partial charge in [-0.3, -0.25) is 4.99 Å². The molecule has 3 aromatic rings. The van der Waals surface area contributed by atoms with Gasteiger partial charge in [0.1, 0.15) is 6.04 Å². The van der Waals surface area contributed by atoms with E-state index in [2.05, 4.69) is 104 Å². The van der Waals surface area contributed by atoms with E-state index in [0.717, 1.165) is 10.9 Å². The first-order chi connectivity index (χ1) is 13.7. The Kier molecular flexibility index (Phi) is 7.40. The molecular formula is C25H27ClN2S. The first kappa shape index (κ1) is 21.5. The van der Waals surface area contributed by atoms with Crippen LogP contribution in [-0.2, 0) is 5.75 Å². The third kappa shape index (κ3) is 5.23. The average Bonchev–Trinajstić information content (AvgIpc) is 3.18. The van der Waals surface area contributed by atoms with Gasteiger partial charge in [0.2, 0.25) is 0 Å². The molecule has 4 heteroatoms. The van der Waals surface area contributed by atoms with E-state index < -0.39 is 0 Å². The SMILES string of the molecule is CC(C)c1ccc(CSC2=NC(c3ccccc3)C(c3ccccc3)N2)cc1.Cl. The fraction of sp³-hybridized carbons (Fsp3) is 0.240. The number of hydrogen-bond donors (Lipinski definition) is 1. The Morgan fingerprint density at radius 3 is 2.00 bits per heavy atom. The molecule has 1 aliphatic rings. The summed E-state index contributed by atoms with van der Waals surface area (Å²) in [5.74, 6) is 1.49. The van der Waals surface area contributed by atoms with E-state index in [1.165, 1.54) is 22.3 Å². The summed E-state index contributed by atoms with van der Waals surface area (Å²) >= 11 is 1.79. The average molecular weight is 423 g/mol. The van der Waals surface area contributed by atoms with Gasteiger partial charge in [0.25, 0.3) is 0 Å². The number of thioether (sulfide) groups is 1. The molecule has 1 heterocycles. The number of nitrogens with zero attached hydrogens (tertiary/aromatic N) is 1. The molecule has 0 bridgehead atoms. The highest BCUT2D eigenvalue weighted by molar-refractivity contribution is 8.13. The minimum absolute atomic E-state index is 0. The van der Waals surface area contributed by atoms with Crippen molar-refractivity contribution >= 4 is 29.3 Å². The van der Waals surface area contributed by atoms with Crippen LogP contribution < -0.4 is 5.32 Å². The predicted molar refractivity (Wildman–Crippen MR) is 128 cm³/mol. The Morgan fingerprint density at radius 2 is 1.41 bits per heavy atom. The molecular weight excluding hydrogens is 396 g/mol. The molecule has 1 aliphatic heterocycles. The maximum Gasteiger partial charge on any atom is 0.158 e. The van der Waals surface area contributed by atoms with Crippen molar-refractivity contribution in [3.05, 3.63) is 107 Å². The topological polar surface area (TPSA) is 24.4 Å². The number of rotatable bonds is 5. The number of aliphatic imine (C=N–C) groups is 1. The second kappa shape index (κ2) is 10.00. The van der Waals surface area contributed by atoms with Crippen molar-refractivity contribution in [2.24, 2.45) is 4.99 Å². The zero-order valence-electron chi connectivity index (χ0n) is 16.8. The Labute approximate surface area is 184 Å². The molecule has 0 aromatic heterocycles. The zero-order valence-corrected chi connectivity index (χ0v) is 18.4. The quantitative estimate of drug-likeness (QED) is 0.483. The third-order valence-corrected chi connectivity index (χ3v) is 6.15. The van der Waals surface area contributed by atoms with Gasteiger partial charge < -0.3 is 5.32 Å². The molecule has 0 amide bonds. The highest BCUT2D eigenvalue weighted by Gasteiger charge is 2.31. The Balaban J connectivity index is 0.00000240. The zero-order chi connectivity index (χ0) is 19.3. The van der Waals surface area contributed by atoms with Crippen molar-refractivity contribution in [2.75, 3.05) is 0 Å². The smallest absolute Gasteiger partial charge is 0.158 e. The minimum atomic E-state index is 0. The van der Waals surface area contributed by atoms with Gasteiger partial charge in [-0.15, -0.1) is 12.4 Å². The molecule has 2 atom stereocenters. The summed E-state index contributed by atoms with van der Waals surface area (Å²) in [6.45, 7) is 4.46. The lowest BCUT2D eigenvalue weighted by Crippen LogP contribution is -2.22. The number of amidine groups is 1. The van der Waals surface area contributed by atoms with Crippen LogP contribution in [-0.4, -0.2) is 5.17 Å². The van der Waals surface area contributed by atoms with E-state index in [9.17, 15) is 0 Å². The number of nitrogens with one attached hydrogen (secondary N) is 1.